The van der Waals surface area contributed by atoms with Crippen molar-refractivity contribution in [2.45, 2.75) is 276 Å². The zero-order valence-electron chi connectivity index (χ0n) is 45.9. The van der Waals surface area contributed by atoms with Gasteiger partial charge in [0.1, 0.15) is 18.8 Å². The predicted molar refractivity (Wildman–Crippen MR) is 294 cm³/mol. The van der Waals surface area contributed by atoms with E-state index in [1.807, 2.05) is 0 Å². The maximum absolute atomic E-state index is 13.1. The number of rotatable bonds is 48. The molecule has 418 valence electrons. The van der Waals surface area contributed by atoms with Crippen molar-refractivity contribution in [1.29, 1.82) is 0 Å². The highest BCUT2D eigenvalue weighted by Gasteiger charge is 2.50. The van der Waals surface area contributed by atoms with Crippen molar-refractivity contribution in [2.24, 2.45) is 0 Å². The van der Waals surface area contributed by atoms with Gasteiger partial charge in [-0.15, -0.1) is 0 Å². The molecular formula is C61H102O12. The monoisotopic (exact) mass is 1030 g/mol. The molecule has 6 unspecified atom stereocenters. The Morgan fingerprint density at radius 2 is 0.877 bits per heavy atom. The van der Waals surface area contributed by atoms with E-state index in [1.165, 1.54) is 32.1 Å². The smallest absolute Gasteiger partial charge is 0.335 e. The molecule has 0 saturated carbocycles. The molecule has 1 heterocycles. The third-order valence-corrected chi connectivity index (χ3v) is 12.7. The van der Waals surface area contributed by atoms with Crippen molar-refractivity contribution < 1.29 is 58.2 Å². The Morgan fingerprint density at radius 3 is 1.37 bits per heavy atom. The molecule has 0 radical (unpaired) electrons. The van der Waals surface area contributed by atoms with Gasteiger partial charge in [-0.3, -0.25) is 14.4 Å². The first kappa shape index (κ1) is 67.2. The average Bonchev–Trinajstić information content (AvgIpc) is 3.37. The predicted octanol–water partition coefficient (Wildman–Crippen LogP) is 14.6. The number of aliphatic carboxylic acids is 1. The first-order valence-electron chi connectivity index (χ1n) is 28.9. The van der Waals surface area contributed by atoms with E-state index in [0.717, 1.165) is 148 Å². The highest BCUT2D eigenvalue weighted by atomic mass is 16.7. The Kier molecular flexibility index (Phi) is 45.1. The van der Waals surface area contributed by atoms with Gasteiger partial charge in [0.15, 0.2) is 24.6 Å². The van der Waals surface area contributed by atoms with Crippen LogP contribution in [0.5, 0.6) is 0 Å². The molecule has 0 aromatic rings. The number of unbranched alkanes of at least 4 members (excludes halogenated alkanes) is 22. The molecule has 1 aliphatic rings. The maximum atomic E-state index is 13.1. The van der Waals surface area contributed by atoms with Gasteiger partial charge in [0, 0.05) is 19.3 Å². The standard InChI is InChI=1S/C61H102O12/c1-4-7-10-13-16-19-22-24-26-27-29-31-34-37-40-43-46-49-55(64)72-59-57(66)56(65)58(60(67)68)73-61(59)70-51-52(71-54(63)48-45-42-39-36-32-21-18-15-12-9-6-3)50-69-53(62)47-44-41-38-35-33-30-28-25-23-20-17-14-11-8-5-2/h8,11,15-20,24-26,28,52,56-59,61,65-66H,4-7,9-10,12-14,21-23,27,29-51H2,1-3H3,(H,67,68)/b11-8-,18-15-,19-16-,20-17-,26-24-,28-25-. The summed E-state index contributed by atoms with van der Waals surface area (Å²) < 4.78 is 28.4. The van der Waals surface area contributed by atoms with Gasteiger partial charge in [-0.2, -0.15) is 0 Å². The van der Waals surface area contributed by atoms with Crippen LogP contribution in [-0.4, -0.2) is 89.2 Å². The summed E-state index contributed by atoms with van der Waals surface area (Å²) in [4.78, 5) is 51.0. The van der Waals surface area contributed by atoms with Crippen molar-refractivity contribution in [3.8, 4) is 0 Å². The Hall–Kier alpha value is -3.84. The summed E-state index contributed by atoms with van der Waals surface area (Å²) in [7, 11) is 0. The van der Waals surface area contributed by atoms with Crippen LogP contribution in [0.15, 0.2) is 72.9 Å². The molecule has 3 N–H and O–H groups in total. The lowest BCUT2D eigenvalue weighted by atomic mass is 9.98. The topological polar surface area (TPSA) is 175 Å². The van der Waals surface area contributed by atoms with Crippen LogP contribution in [0.1, 0.15) is 239 Å². The number of carbonyl (C=O) groups is 4. The zero-order chi connectivity index (χ0) is 53.3. The molecule has 0 bridgehead atoms. The number of esters is 3. The molecule has 0 aromatic heterocycles. The number of hydrogen-bond acceptors (Lipinski definition) is 11. The van der Waals surface area contributed by atoms with Crippen LogP contribution in [0.3, 0.4) is 0 Å². The summed E-state index contributed by atoms with van der Waals surface area (Å²) in [5.74, 6) is -3.16. The largest absolute Gasteiger partial charge is 0.479 e. The second-order valence-corrected chi connectivity index (χ2v) is 19.5. The van der Waals surface area contributed by atoms with Gasteiger partial charge in [-0.25, -0.2) is 4.79 Å². The minimum atomic E-state index is -1.91. The lowest BCUT2D eigenvalue weighted by molar-refractivity contribution is -0.301. The van der Waals surface area contributed by atoms with Gasteiger partial charge >= 0.3 is 23.9 Å². The van der Waals surface area contributed by atoms with Crippen molar-refractivity contribution in [2.75, 3.05) is 13.2 Å². The summed E-state index contributed by atoms with van der Waals surface area (Å²) in [5, 5.41) is 31.4. The second-order valence-electron chi connectivity index (χ2n) is 19.5. The molecule has 6 atom stereocenters. The lowest BCUT2D eigenvalue weighted by Crippen LogP contribution is -2.61. The summed E-state index contributed by atoms with van der Waals surface area (Å²) in [6.45, 7) is 5.78. The van der Waals surface area contributed by atoms with E-state index in [4.69, 9.17) is 23.7 Å². The number of carboxylic acid groups (broad SMARTS) is 1. The Labute approximate surface area is 442 Å². The molecule has 1 aliphatic heterocycles. The molecule has 0 amide bonds. The fourth-order valence-electron chi connectivity index (χ4n) is 8.27. The van der Waals surface area contributed by atoms with E-state index in [-0.39, 0.29) is 25.9 Å². The quantitative estimate of drug-likeness (QED) is 0.0228. The number of allylic oxidation sites excluding steroid dienone is 12. The van der Waals surface area contributed by atoms with Gasteiger partial charge in [0.05, 0.1) is 6.61 Å². The summed E-state index contributed by atoms with van der Waals surface area (Å²) >= 11 is 0. The molecule has 0 aromatic carbocycles. The molecule has 12 nitrogen and oxygen atoms in total. The lowest BCUT2D eigenvalue weighted by Gasteiger charge is -2.40. The highest BCUT2D eigenvalue weighted by Crippen LogP contribution is 2.26. The number of carbonyl (C=O) groups excluding carboxylic acids is 3. The van der Waals surface area contributed by atoms with Gasteiger partial charge in [0.2, 0.25) is 0 Å². The van der Waals surface area contributed by atoms with Crippen LogP contribution < -0.4 is 0 Å². The maximum Gasteiger partial charge on any atom is 0.335 e. The van der Waals surface area contributed by atoms with E-state index < -0.39 is 67.3 Å². The molecule has 0 aliphatic carbocycles. The van der Waals surface area contributed by atoms with Crippen molar-refractivity contribution in [3.63, 3.8) is 0 Å². The van der Waals surface area contributed by atoms with Crippen LogP contribution in [0.2, 0.25) is 0 Å². The molecule has 1 saturated heterocycles. The molecule has 1 fully saturated rings. The van der Waals surface area contributed by atoms with Gasteiger partial charge in [0.25, 0.3) is 0 Å². The van der Waals surface area contributed by atoms with Crippen LogP contribution in [0.25, 0.3) is 0 Å². The number of carboxylic acids is 1. The van der Waals surface area contributed by atoms with Crippen molar-refractivity contribution >= 4 is 23.9 Å². The number of hydrogen-bond donors (Lipinski definition) is 3. The van der Waals surface area contributed by atoms with Crippen LogP contribution in [0, 0.1) is 0 Å². The van der Waals surface area contributed by atoms with E-state index in [9.17, 15) is 34.5 Å². The summed E-state index contributed by atoms with van der Waals surface area (Å²) in [6.07, 6.45) is 48.7. The minimum absolute atomic E-state index is 0.0473. The molecule has 1 rings (SSSR count). The van der Waals surface area contributed by atoms with E-state index in [1.54, 1.807) is 0 Å². The third kappa shape index (κ3) is 39.3. The first-order valence-corrected chi connectivity index (χ1v) is 28.9. The van der Waals surface area contributed by atoms with Crippen LogP contribution in [0.4, 0.5) is 0 Å². The normalized spacial score (nSPS) is 18.8. The average molecular weight is 1030 g/mol. The van der Waals surface area contributed by atoms with Crippen molar-refractivity contribution in [3.05, 3.63) is 72.9 Å². The fourth-order valence-corrected chi connectivity index (χ4v) is 8.27. The second kappa shape index (κ2) is 49.1. The molecule has 12 heteroatoms. The fraction of sp³-hybridized carbons (Fsp3) is 0.738. The molecule has 0 spiro atoms. The van der Waals surface area contributed by atoms with E-state index in [2.05, 4.69) is 93.7 Å². The summed E-state index contributed by atoms with van der Waals surface area (Å²) in [5.41, 5.74) is 0. The Bertz CT molecular complexity index is 1550. The van der Waals surface area contributed by atoms with E-state index in [0.29, 0.717) is 19.3 Å². The summed E-state index contributed by atoms with van der Waals surface area (Å²) in [6, 6.07) is 0. The number of aliphatic hydroxyl groups excluding tert-OH is 2. The zero-order valence-corrected chi connectivity index (χ0v) is 45.9. The number of ether oxygens (including phenoxy) is 5. The highest BCUT2D eigenvalue weighted by molar-refractivity contribution is 5.74. The Balaban J connectivity index is 2.69. The molecule has 73 heavy (non-hydrogen) atoms. The van der Waals surface area contributed by atoms with E-state index >= 15 is 0 Å². The van der Waals surface area contributed by atoms with Gasteiger partial charge < -0.3 is 39.0 Å². The molecular weight excluding hydrogens is 925 g/mol. The number of aliphatic hydroxyl groups is 2. The van der Waals surface area contributed by atoms with Gasteiger partial charge in [-0.05, 0) is 103 Å². The SMILES string of the molecule is CC/C=C\C/C=C\C/C=C\CCCCCCCC(=O)OCC(COC1OC(C(=O)O)C(O)C(O)C1OC(=O)CCCCCCCCC/C=C\C/C=C\CCCCC)OC(=O)CCCCCCC/C=C\CCCC. The third-order valence-electron chi connectivity index (χ3n) is 12.7. The van der Waals surface area contributed by atoms with Crippen molar-refractivity contribution in [1.82, 2.24) is 0 Å². The van der Waals surface area contributed by atoms with Crippen LogP contribution in [-0.2, 0) is 42.9 Å². The van der Waals surface area contributed by atoms with Gasteiger partial charge in [-0.1, -0.05) is 190 Å². The van der Waals surface area contributed by atoms with Crippen LogP contribution >= 0.6 is 0 Å². The minimum Gasteiger partial charge on any atom is -0.479 e. The Morgan fingerprint density at radius 1 is 0.466 bits per heavy atom. The first-order chi connectivity index (χ1) is 35.6.